The summed E-state index contributed by atoms with van der Waals surface area (Å²) >= 11 is 1.25. The molecule has 24 heavy (non-hydrogen) atoms. The third-order valence-corrected chi connectivity index (χ3v) is 4.63. The van der Waals surface area contributed by atoms with Gasteiger partial charge >= 0.3 is 0 Å². The highest BCUT2D eigenvalue weighted by Gasteiger charge is 2.19. The zero-order valence-corrected chi connectivity index (χ0v) is 14.0. The van der Waals surface area contributed by atoms with E-state index in [2.05, 4.69) is 20.3 Å². The van der Waals surface area contributed by atoms with Gasteiger partial charge in [-0.1, -0.05) is 12.1 Å². The fourth-order valence-electron chi connectivity index (χ4n) is 2.21. The van der Waals surface area contributed by atoms with Crippen LogP contribution in [0, 0.1) is 12.7 Å². The van der Waals surface area contributed by atoms with Crippen LogP contribution in [-0.2, 0) is 0 Å². The Kier molecular flexibility index (Phi) is 4.61. The van der Waals surface area contributed by atoms with E-state index >= 15 is 0 Å². The quantitative estimate of drug-likeness (QED) is 0.787. The second-order valence-electron chi connectivity index (χ2n) is 5.25. The third-order valence-electron chi connectivity index (χ3n) is 3.48. The van der Waals surface area contributed by atoms with Crippen LogP contribution in [0.5, 0.6) is 0 Å². The fraction of sp³-hybridized carbons (Fsp3) is 0.176. The monoisotopic (exact) mass is 342 g/mol. The van der Waals surface area contributed by atoms with Crippen LogP contribution in [0.2, 0.25) is 0 Å². The van der Waals surface area contributed by atoms with E-state index in [-0.39, 0.29) is 17.8 Å². The summed E-state index contributed by atoms with van der Waals surface area (Å²) in [5, 5.41) is 3.51. The maximum atomic E-state index is 13.0. The molecule has 0 saturated carbocycles. The average molecular weight is 342 g/mol. The first-order valence-electron chi connectivity index (χ1n) is 7.35. The summed E-state index contributed by atoms with van der Waals surface area (Å²) in [6.07, 6.45) is 3.27. The van der Waals surface area contributed by atoms with E-state index in [0.29, 0.717) is 21.4 Å². The number of nitrogens with one attached hydrogen (secondary N) is 1. The van der Waals surface area contributed by atoms with Gasteiger partial charge in [0.2, 0.25) is 0 Å². The van der Waals surface area contributed by atoms with Gasteiger partial charge in [-0.2, -0.15) is 0 Å². The maximum Gasteiger partial charge on any atom is 0.263 e. The smallest absolute Gasteiger partial charge is 0.263 e. The number of nitrogens with zero attached hydrogens (tertiary/aromatic N) is 3. The van der Waals surface area contributed by atoms with Crippen LogP contribution in [0.1, 0.15) is 33.9 Å². The molecule has 1 aromatic carbocycles. The van der Waals surface area contributed by atoms with E-state index in [1.54, 1.807) is 37.5 Å². The van der Waals surface area contributed by atoms with Crippen LogP contribution < -0.4 is 5.32 Å². The van der Waals surface area contributed by atoms with Crippen molar-refractivity contribution in [2.45, 2.75) is 19.9 Å². The second kappa shape index (κ2) is 6.84. The van der Waals surface area contributed by atoms with Gasteiger partial charge in [0.05, 0.1) is 11.7 Å². The van der Waals surface area contributed by atoms with E-state index in [0.717, 1.165) is 5.56 Å². The number of aromatic nitrogens is 3. The number of rotatable bonds is 4. The summed E-state index contributed by atoms with van der Waals surface area (Å²) in [4.78, 5) is 25.7. The summed E-state index contributed by atoms with van der Waals surface area (Å²) in [5.41, 5.74) is 1.46. The molecule has 0 radical (unpaired) electrons. The maximum absolute atomic E-state index is 13.0. The minimum Gasteiger partial charge on any atom is -0.345 e. The van der Waals surface area contributed by atoms with Crippen LogP contribution in [0.25, 0.3) is 10.8 Å². The molecule has 3 aromatic rings. The second-order valence-corrected chi connectivity index (χ2v) is 6.25. The zero-order valence-electron chi connectivity index (χ0n) is 13.2. The molecule has 0 fully saturated rings. The number of carbonyl (C=O) groups excluding carboxylic acids is 1. The highest BCUT2D eigenvalue weighted by Crippen LogP contribution is 2.25. The Morgan fingerprint density at radius 2 is 1.88 bits per heavy atom. The molecule has 5 nitrogen and oxygen atoms in total. The van der Waals surface area contributed by atoms with Gasteiger partial charge in [0.1, 0.15) is 10.7 Å². The first-order chi connectivity index (χ1) is 11.5. The lowest BCUT2D eigenvalue weighted by Gasteiger charge is -2.13. The molecule has 122 valence electrons. The molecule has 1 atom stereocenters. The number of thiazole rings is 1. The number of amides is 1. The molecular weight excluding hydrogens is 327 g/mol. The number of halogens is 1. The summed E-state index contributed by atoms with van der Waals surface area (Å²) in [5.74, 6) is -0.0247. The number of aryl methyl sites for hydroxylation is 1. The number of hydrogen-bond donors (Lipinski definition) is 1. The van der Waals surface area contributed by atoms with Crippen molar-refractivity contribution in [1.82, 2.24) is 20.3 Å². The molecule has 0 spiro atoms. The number of carbonyl (C=O) groups is 1. The van der Waals surface area contributed by atoms with Crippen molar-refractivity contribution < 1.29 is 9.18 Å². The SMILES string of the molecule is Cc1nc(-c2ncccn2)sc1C(=O)N[C@H](C)c1ccc(F)cc1. The van der Waals surface area contributed by atoms with Gasteiger partial charge in [-0.05, 0) is 37.6 Å². The van der Waals surface area contributed by atoms with Gasteiger partial charge in [0.25, 0.3) is 5.91 Å². The minimum atomic E-state index is -0.303. The van der Waals surface area contributed by atoms with E-state index in [1.165, 1.54) is 23.5 Å². The van der Waals surface area contributed by atoms with E-state index in [9.17, 15) is 9.18 Å². The average Bonchev–Trinajstić information content (AvgIpc) is 2.98. The van der Waals surface area contributed by atoms with Crippen molar-refractivity contribution in [1.29, 1.82) is 0 Å². The molecule has 0 aliphatic heterocycles. The standard InChI is InChI=1S/C17H15FN4OS/c1-10(12-4-6-13(18)7-5-12)21-16(23)14-11(2)22-17(24-14)15-19-8-3-9-20-15/h3-10H,1-2H3,(H,21,23)/t10-/m1/s1. The normalized spacial score (nSPS) is 12.0. The Balaban J connectivity index is 1.78. The first kappa shape index (κ1) is 16.2. The third kappa shape index (κ3) is 3.46. The minimum absolute atomic E-state index is 0.219. The van der Waals surface area contributed by atoms with Crippen molar-refractivity contribution in [2.24, 2.45) is 0 Å². The lowest BCUT2D eigenvalue weighted by Crippen LogP contribution is -2.26. The molecular formula is C17H15FN4OS. The van der Waals surface area contributed by atoms with Gasteiger partial charge in [-0.15, -0.1) is 11.3 Å². The van der Waals surface area contributed by atoms with Gasteiger partial charge in [0.15, 0.2) is 10.8 Å². The van der Waals surface area contributed by atoms with Crippen molar-refractivity contribution in [3.05, 3.63) is 64.7 Å². The molecule has 7 heteroatoms. The molecule has 3 rings (SSSR count). The van der Waals surface area contributed by atoms with Crippen LogP contribution in [0.3, 0.4) is 0 Å². The lowest BCUT2D eigenvalue weighted by molar-refractivity contribution is 0.0943. The summed E-state index contributed by atoms with van der Waals surface area (Å²) < 4.78 is 13.0. The molecule has 0 unspecified atom stereocenters. The topological polar surface area (TPSA) is 67.8 Å². The summed E-state index contributed by atoms with van der Waals surface area (Å²) in [6, 6.07) is 7.55. The number of benzene rings is 1. The predicted octanol–water partition coefficient (Wildman–Crippen LogP) is 3.54. The molecule has 0 saturated heterocycles. The molecule has 0 aliphatic carbocycles. The summed E-state index contributed by atoms with van der Waals surface area (Å²) in [7, 11) is 0. The van der Waals surface area contributed by atoms with Crippen LogP contribution >= 0.6 is 11.3 Å². The first-order valence-corrected chi connectivity index (χ1v) is 8.17. The zero-order chi connectivity index (χ0) is 17.1. The van der Waals surface area contributed by atoms with Crippen molar-refractivity contribution in [3.8, 4) is 10.8 Å². The molecule has 2 heterocycles. The van der Waals surface area contributed by atoms with Gasteiger partial charge in [0, 0.05) is 12.4 Å². The van der Waals surface area contributed by atoms with Crippen LogP contribution in [-0.4, -0.2) is 20.9 Å². The molecule has 0 aliphatic rings. The van der Waals surface area contributed by atoms with Crippen molar-refractivity contribution >= 4 is 17.2 Å². The van der Waals surface area contributed by atoms with E-state index < -0.39 is 0 Å². The van der Waals surface area contributed by atoms with E-state index in [1.807, 2.05) is 6.92 Å². The van der Waals surface area contributed by atoms with Gasteiger partial charge in [-0.3, -0.25) is 4.79 Å². The highest BCUT2D eigenvalue weighted by molar-refractivity contribution is 7.17. The van der Waals surface area contributed by atoms with Crippen LogP contribution in [0.15, 0.2) is 42.7 Å². The summed E-state index contributed by atoms with van der Waals surface area (Å²) in [6.45, 7) is 3.63. The van der Waals surface area contributed by atoms with Crippen LogP contribution in [0.4, 0.5) is 4.39 Å². The van der Waals surface area contributed by atoms with Crippen molar-refractivity contribution in [2.75, 3.05) is 0 Å². The Bertz CT molecular complexity index is 849. The Morgan fingerprint density at radius 3 is 2.54 bits per heavy atom. The van der Waals surface area contributed by atoms with Crippen molar-refractivity contribution in [3.63, 3.8) is 0 Å². The Morgan fingerprint density at radius 1 is 1.21 bits per heavy atom. The highest BCUT2D eigenvalue weighted by atomic mass is 32.1. The predicted molar refractivity (Wildman–Crippen MR) is 90.2 cm³/mol. The van der Waals surface area contributed by atoms with Gasteiger partial charge < -0.3 is 5.32 Å². The Labute approximate surface area is 142 Å². The molecule has 1 N–H and O–H groups in total. The van der Waals surface area contributed by atoms with E-state index in [4.69, 9.17) is 0 Å². The largest absolute Gasteiger partial charge is 0.345 e. The van der Waals surface area contributed by atoms with Gasteiger partial charge in [-0.25, -0.2) is 19.3 Å². The fourth-order valence-corrected chi connectivity index (χ4v) is 3.13. The Hall–Kier alpha value is -2.67. The molecule has 2 aromatic heterocycles. The molecule has 0 bridgehead atoms. The lowest BCUT2D eigenvalue weighted by atomic mass is 10.1. The number of hydrogen-bond acceptors (Lipinski definition) is 5. The molecule has 1 amide bonds.